The maximum atomic E-state index is 12.8. The molecule has 6 heteroatoms. The highest BCUT2D eigenvalue weighted by Crippen LogP contribution is 2.22. The maximum Gasteiger partial charge on any atom is 0.244 e. The van der Waals surface area contributed by atoms with Gasteiger partial charge in [0.05, 0.1) is 0 Å². The van der Waals surface area contributed by atoms with Crippen molar-refractivity contribution < 1.29 is 9.59 Å². The Balaban J connectivity index is 1.62. The predicted octanol–water partition coefficient (Wildman–Crippen LogP) is 2.76. The minimum absolute atomic E-state index is 0.126. The van der Waals surface area contributed by atoms with Crippen LogP contribution in [0.1, 0.15) is 30.0 Å². The molecule has 2 amide bonds. The van der Waals surface area contributed by atoms with Crippen LogP contribution in [0.3, 0.4) is 0 Å². The van der Waals surface area contributed by atoms with E-state index < -0.39 is 12.1 Å². The van der Waals surface area contributed by atoms with Crippen LogP contribution in [0, 0.1) is 0 Å². The minimum atomic E-state index is -0.740. The molecule has 26 heavy (non-hydrogen) atoms. The highest BCUT2D eigenvalue weighted by Gasteiger charge is 2.36. The van der Waals surface area contributed by atoms with E-state index in [1.54, 1.807) is 4.90 Å². The van der Waals surface area contributed by atoms with Gasteiger partial charge in [0.2, 0.25) is 11.8 Å². The zero-order chi connectivity index (χ0) is 18.5. The molecule has 0 aromatic heterocycles. The van der Waals surface area contributed by atoms with Crippen molar-refractivity contribution in [1.29, 1.82) is 0 Å². The molecular formula is C20H22BrN3O2. The fourth-order valence-electron chi connectivity index (χ4n) is 3.19. The topological polar surface area (TPSA) is 75.4 Å². The standard InChI is InChI=1S/C20H22BrN3O2/c21-16-10-8-14(9-11-16)13-23-19(25)17-7-4-12-24(17)20(26)18(22)15-5-2-1-3-6-15/h1-3,5-6,8-11,17-18H,4,7,12-13,22H2,(H,23,25)/t17-,18+/m0/s1. The number of nitrogens with zero attached hydrogens (tertiary/aromatic N) is 1. The van der Waals surface area contributed by atoms with Gasteiger partial charge in [0.15, 0.2) is 0 Å². The number of carbonyl (C=O) groups is 2. The summed E-state index contributed by atoms with van der Waals surface area (Å²) in [6.45, 7) is 1.01. The molecule has 1 heterocycles. The molecule has 0 radical (unpaired) electrons. The molecule has 1 aliphatic rings. The normalized spacial score (nSPS) is 17.8. The highest BCUT2D eigenvalue weighted by molar-refractivity contribution is 9.10. The largest absolute Gasteiger partial charge is 0.350 e. The van der Waals surface area contributed by atoms with E-state index in [4.69, 9.17) is 5.73 Å². The smallest absolute Gasteiger partial charge is 0.244 e. The van der Waals surface area contributed by atoms with Gasteiger partial charge in [-0.25, -0.2) is 0 Å². The third kappa shape index (κ3) is 4.31. The monoisotopic (exact) mass is 415 g/mol. The van der Waals surface area contributed by atoms with Crippen molar-refractivity contribution in [3.05, 3.63) is 70.2 Å². The Morgan fingerprint density at radius 3 is 2.54 bits per heavy atom. The molecule has 2 atom stereocenters. The van der Waals surface area contributed by atoms with Gasteiger partial charge in [0, 0.05) is 17.6 Å². The number of likely N-dealkylation sites (tertiary alicyclic amines) is 1. The Hall–Kier alpha value is -2.18. The molecule has 0 saturated carbocycles. The number of hydrogen-bond acceptors (Lipinski definition) is 3. The van der Waals surface area contributed by atoms with Gasteiger partial charge in [-0.15, -0.1) is 0 Å². The molecule has 1 aliphatic heterocycles. The molecule has 0 unspecified atom stereocenters. The molecule has 1 fully saturated rings. The Bertz CT molecular complexity index is 764. The van der Waals surface area contributed by atoms with Gasteiger partial charge in [0.25, 0.3) is 0 Å². The van der Waals surface area contributed by atoms with E-state index in [-0.39, 0.29) is 11.8 Å². The van der Waals surface area contributed by atoms with Crippen LogP contribution >= 0.6 is 15.9 Å². The molecule has 136 valence electrons. The fraction of sp³-hybridized carbons (Fsp3) is 0.300. The number of halogens is 1. The van der Waals surface area contributed by atoms with Crippen LogP contribution in [0.2, 0.25) is 0 Å². The van der Waals surface area contributed by atoms with Gasteiger partial charge in [-0.05, 0) is 36.1 Å². The molecule has 2 aromatic rings. The maximum absolute atomic E-state index is 12.8. The average Bonchev–Trinajstić information content (AvgIpc) is 3.16. The minimum Gasteiger partial charge on any atom is -0.350 e. The van der Waals surface area contributed by atoms with Gasteiger partial charge in [-0.1, -0.05) is 58.4 Å². The molecule has 1 saturated heterocycles. The van der Waals surface area contributed by atoms with Gasteiger partial charge in [-0.2, -0.15) is 0 Å². The third-order valence-electron chi connectivity index (χ3n) is 4.64. The molecule has 3 rings (SSSR count). The lowest BCUT2D eigenvalue weighted by atomic mass is 10.1. The van der Waals surface area contributed by atoms with Gasteiger partial charge >= 0.3 is 0 Å². The van der Waals surface area contributed by atoms with Crippen molar-refractivity contribution in [3.8, 4) is 0 Å². The van der Waals surface area contributed by atoms with E-state index in [0.29, 0.717) is 19.5 Å². The SMILES string of the molecule is N[C@@H](C(=O)N1CCC[C@H]1C(=O)NCc1ccc(Br)cc1)c1ccccc1. The second-order valence-corrected chi connectivity index (χ2v) is 7.34. The summed E-state index contributed by atoms with van der Waals surface area (Å²) < 4.78 is 0.995. The van der Waals surface area contributed by atoms with E-state index in [0.717, 1.165) is 22.0 Å². The van der Waals surface area contributed by atoms with Crippen molar-refractivity contribution >= 4 is 27.7 Å². The first-order valence-electron chi connectivity index (χ1n) is 8.69. The summed E-state index contributed by atoms with van der Waals surface area (Å²) in [5, 5.41) is 2.93. The lowest BCUT2D eigenvalue weighted by molar-refractivity contribution is -0.139. The number of carbonyl (C=O) groups excluding carboxylic acids is 2. The van der Waals surface area contributed by atoms with E-state index in [1.807, 2.05) is 54.6 Å². The van der Waals surface area contributed by atoms with E-state index in [2.05, 4.69) is 21.2 Å². The molecule has 2 aromatic carbocycles. The van der Waals surface area contributed by atoms with Crippen LogP contribution in [0.15, 0.2) is 59.1 Å². The number of amides is 2. The number of nitrogens with one attached hydrogen (secondary N) is 1. The van der Waals surface area contributed by atoms with Crippen molar-refractivity contribution in [1.82, 2.24) is 10.2 Å². The molecular weight excluding hydrogens is 394 g/mol. The summed E-state index contributed by atoms with van der Waals surface area (Å²) in [6, 6.07) is 15.8. The molecule has 0 aliphatic carbocycles. The van der Waals surface area contributed by atoms with Gasteiger partial charge in [0.1, 0.15) is 12.1 Å². The van der Waals surface area contributed by atoms with Crippen LogP contribution in [0.5, 0.6) is 0 Å². The van der Waals surface area contributed by atoms with Crippen LogP contribution in [0.4, 0.5) is 0 Å². The first kappa shape index (κ1) is 18.6. The Kier molecular flexibility index (Phi) is 6.06. The number of rotatable bonds is 5. The van der Waals surface area contributed by atoms with E-state index in [9.17, 15) is 9.59 Å². The second kappa shape index (κ2) is 8.47. The van der Waals surface area contributed by atoms with Crippen LogP contribution in [-0.4, -0.2) is 29.3 Å². The molecule has 0 spiro atoms. The second-order valence-electron chi connectivity index (χ2n) is 6.42. The summed E-state index contributed by atoms with van der Waals surface area (Å²) in [5.41, 5.74) is 7.91. The molecule has 3 N–H and O–H groups in total. The quantitative estimate of drug-likeness (QED) is 0.787. The third-order valence-corrected chi connectivity index (χ3v) is 5.17. The van der Waals surface area contributed by atoms with Crippen LogP contribution < -0.4 is 11.1 Å². The zero-order valence-corrected chi connectivity index (χ0v) is 16.0. The highest BCUT2D eigenvalue weighted by atomic mass is 79.9. The van der Waals surface area contributed by atoms with Crippen LogP contribution in [-0.2, 0) is 16.1 Å². The first-order valence-corrected chi connectivity index (χ1v) is 9.49. The van der Waals surface area contributed by atoms with Crippen molar-refractivity contribution in [3.63, 3.8) is 0 Å². The zero-order valence-electron chi connectivity index (χ0n) is 14.4. The number of nitrogens with two attached hydrogens (primary N) is 1. The van der Waals surface area contributed by atoms with Gasteiger partial charge < -0.3 is 16.0 Å². The number of hydrogen-bond donors (Lipinski definition) is 2. The van der Waals surface area contributed by atoms with Gasteiger partial charge in [-0.3, -0.25) is 9.59 Å². The molecule has 0 bridgehead atoms. The summed E-state index contributed by atoms with van der Waals surface area (Å²) in [6.07, 6.45) is 1.48. The van der Waals surface area contributed by atoms with E-state index in [1.165, 1.54) is 0 Å². The van der Waals surface area contributed by atoms with Crippen molar-refractivity contribution in [2.45, 2.75) is 31.5 Å². The van der Waals surface area contributed by atoms with Crippen molar-refractivity contribution in [2.24, 2.45) is 5.73 Å². The lowest BCUT2D eigenvalue weighted by Crippen LogP contribution is -2.48. The lowest BCUT2D eigenvalue weighted by Gasteiger charge is -2.27. The average molecular weight is 416 g/mol. The van der Waals surface area contributed by atoms with E-state index >= 15 is 0 Å². The fourth-order valence-corrected chi connectivity index (χ4v) is 3.46. The Morgan fingerprint density at radius 2 is 1.85 bits per heavy atom. The summed E-state index contributed by atoms with van der Waals surface area (Å²) in [4.78, 5) is 27.0. The molecule has 5 nitrogen and oxygen atoms in total. The number of benzene rings is 2. The van der Waals surface area contributed by atoms with Crippen LogP contribution in [0.25, 0.3) is 0 Å². The first-order chi connectivity index (χ1) is 12.6. The van der Waals surface area contributed by atoms with Crippen molar-refractivity contribution in [2.75, 3.05) is 6.54 Å². The Morgan fingerprint density at radius 1 is 1.15 bits per heavy atom. The summed E-state index contributed by atoms with van der Waals surface area (Å²) in [7, 11) is 0. The predicted molar refractivity (Wildman–Crippen MR) is 104 cm³/mol. The summed E-state index contributed by atoms with van der Waals surface area (Å²) in [5.74, 6) is -0.323. The Labute approximate surface area is 161 Å². The summed E-state index contributed by atoms with van der Waals surface area (Å²) >= 11 is 3.39.